The molecular formula is C16H15N3S. The number of aromatic nitrogens is 2. The predicted octanol–water partition coefficient (Wildman–Crippen LogP) is 4.25. The van der Waals surface area contributed by atoms with Gasteiger partial charge in [0.25, 0.3) is 0 Å². The molecule has 0 atom stereocenters. The Morgan fingerprint density at radius 2 is 2.05 bits per heavy atom. The van der Waals surface area contributed by atoms with Crippen LogP contribution in [0.3, 0.4) is 0 Å². The molecule has 3 nitrogen and oxygen atoms in total. The number of hydrogen-bond acceptors (Lipinski definition) is 3. The van der Waals surface area contributed by atoms with Gasteiger partial charge < -0.3 is 0 Å². The van der Waals surface area contributed by atoms with Crippen LogP contribution in [0.4, 0.5) is 0 Å². The van der Waals surface area contributed by atoms with E-state index in [4.69, 9.17) is 5.26 Å². The molecule has 0 radical (unpaired) electrons. The first kappa shape index (κ1) is 12.9. The average molecular weight is 281 g/mol. The highest BCUT2D eigenvalue weighted by Gasteiger charge is 2.11. The minimum atomic E-state index is 0.384. The summed E-state index contributed by atoms with van der Waals surface area (Å²) in [5.41, 5.74) is 4.57. The monoisotopic (exact) mass is 281 g/mol. The fourth-order valence-corrected chi connectivity index (χ4v) is 3.20. The highest BCUT2D eigenvalue weighted by atomic mass is 32.1. The van der Waals surface area contributed by atoms with Crippen molar-refractivity contribution in [3.05, 3.63) is 47.1 Å². The van der Waals surface area contributed by atoms with Crippen LogP contribution >= 0.6 is 11.3 Å². The predicted molar refractivity (Wildman–Crippen MR) is 81.9 cm³/mol. The molecule has 0 amide bonds. The van der Waals surface area contributed by atoms with E-state index in [0.717, 1.165) is 21.9 Å². The van der Waals surface area contributed by atoms with Gasteiger partial charge in [-0.1, -0.05) is 38.1 Å². The molecule has 1 aromatic carbocycles. The summed E-state index contributed by atoms with van der Waals surface area (Å²) in [5, 5.41) is 11.0. The van der Waals surface area contributed by atoms with Crippen molar-refractivity contribution in [1.82, 2.24) is 9.38 Å². The third kappa shape index (κ3) is 2.10. The number of imidazole rings is 1. The van der Waals surface area contributed by atoms with Gasteiger partial charge in [-0.15, -0.1) is 11.3 Å². The molecule has 0 saturated heterocycles. The number of hydrogen-bond donors (Lipinski definition) is 0. The molecule has 3 rings (SSSR count). The molecule has 0 aliphatic carbocycles. The largest absolute Gasteiger partial charge is 0.286 e. The second-order valence-electron chi connectivity index (χ2n) is 5.10. The Morgan fingerprint density at radius 1 is 1.30 bits per heavy atom. The average Bonchev–Trinajstić information content (AvgIpc) is 3.02. The Kier molecular flexibility index (Phi) is 3.29. The third-order valence-electron chi connectivity index (χ3n) is 3.45. The summed E-state index contributed by atoms with van der Waals surface area (Å²) >= 11 is 1.61. The van der Waals surface area contributed by atoms with E-state index in [2.05, 4.69) is 58.9 Å². The van der Waals surface area contributed by atoms with Crippen LogP contribution in [0, 0.1) is 11.3 Å². The van der Waals surface area contributed by atoms with Crippen LogP contribution in [-0.2, 0) is 6.42 Å². The molecule has 0 aliphatic rings. The molecule has 100 valence electrons. The summed E-state index contributed by atoms with van der Waals surface area (Å²) in [4.78, 5) is 5.30. The number of benzene rings is 1. The van der Waals surface area contributed by atoms with Crippen molar-refractivity contribution in [3.63, 3.8) is 0 Å². The summed E-state index contributed by atoms with van der Waals surface area (Å²) in [5.74, 6) is 0.536. The molecule has 2 heterocycles. The zero-order valence-electron chi connectivity index (χ0n) is 11.5. The Morgan fingerprint density at radius 3 is 2.70 bits per heavy atom. The molecule has 3 aromatic rings. The van der Waals surface area contributed by atoms with Crippen molar-refractivity contribution in [2.45, 2.75) is 26.2 Å². The first-order chi connectivity index (χ1) is 9.70. The van der Waals surface area contributed by atoms with Crippen LogP contribution in [0.5, 0.6) is 0 Å². The maximum atomic E-state index is 8.91. The van der Waals surface area contributed by atoms with E-state index in [-0.39, 0.29) is 0 Å². The number of thiazole rings is 1. The fourth-order valence-electron chi connectivity index (χ4n) is 2.31. The van der Waals surface area contributed by atoms with Gasteiger partial charge in [-0.2, -0.15) is 5.26 Å². The Labute approximate surface area is 122 Å². The molecule has 2 aromatic heterocycles. The zero-order chi connectivity index (χ0) is 14.1. The van der Waals surface area contributed by atoms with Crippen LogP contribution in [0.2, 0.25) is 0 Å². The van der Waals surface area contributed by atoms with Crippen LogP contribution in [0.15, 0.2) is 35.8 Å². The molecule has 0 bridgehead atoms. The van der Waals surface area contributed by atoms with Crippen molar-refractivity contribution in [2.24, 2.45) is 0 Å². The number of fused-ring (bicyclic) bond motifs is 1. The second-order valence-corrected chi connectivity index (χ2v) is 5.94. The SMILES string of the molecule is CC(C)c1ccc(-c2csc3ncc(CC#N)n23)cc1. The summed E-state index contributed by atoms with van der Waals surface area (Å²) in [7, 11) is 0. The van der Waals surface area contributed by atoms with Gasteiger partial charge >= 0.3 is 0 Å². The van der Waals surface area contributed by atoms with Crippen LogP contribution in [0.25, 0.3) is 16.2 Å². The molecular weight excluding hydrogens is 266 g/mol. The standard InChI is InChI=1S/C16H15N3S/c1-11(2)12-3-5-13(6-4-12)15-10-20-16-18-9-14(7-8-17)19(15)16/h3-6,9-11H,7H2,1-2H3. The van der Waals surface area contributed by atoms with Gasteiger partial charge in [0.05, 0.1) is 30.1 Å². The summed E-state index contributed by atoms with van der Waals surface area (Å²) in [6.07, 6.45) is 2.18. The van der Waals surface area contributed by atoms with Crippen molar-refractivity contribution in [1.29, 1.82) is 5.26 Å². The van der Waals surface area contributed by atoms with Crippen LogP contribution in [0.1, 0.15) is 31.0 Å². The maximum Gasteiger partial charge on any atom is 0.194 e. The van der Waals surface area contributed by atoms with Crippen molar-refractivity contribution in [2.75, 3.05) is 0 Å². The van der Waals surface area contributed by atoms with Gasteiger partial charge in [0, 0.05) is 5.38 Å². The molecule has 0 N–H and O–H groups in total. The highest BCUT2D eigenvalue weighted by molar-refractivity contribution is 7.15. The number of nitriles is 1. The first-order valence-corrected chi connectivity index (χ1v) is 7.49. The zero-order valence-corrected chi connectivity index (χ0v) is 12.3. The smallest absolute Gasteiger partial charge is 0.194 e. The fraction of sp³-hybridized carbons (Fsp3) is 0.250. The van der Waals surface area contributed by atoms with E-state index >= 15 is 0 Å². The Balaban J connectivity index is 2.09. The third-order valence-corrected chi connectivity index (χ3v) is 4.29. The quantitative estimate of drug-likeness (QED) is 0.720. The molecule has 20 heavy (non-hydrogen) atoms. The van der Waals surface area contributed by atoms with E-state index in [1.54, 1.807) is 17.5 Å². The summed E-state index contributed by atoms with van der Waals surface area (Å²) in [6, 6.07) is 10.8. The van der Waals surface area contributed by atoms with E-state index in [1.807, 2.05) is 0 Å². The maximum absolute atomic E-state index is 8.91. The van der Waals surface area contributed by atoms with Gasteiger partial charge in [-0.05, 0) is 17.0 Å². The van der Waals surface area contributed by atoms with Gasteiger partial charge in [0.2, 0.25) is 0 Å². The van der Waals surface area contributed by atoms with Gasteiger partial charge in [0.1, 0.15) is 0 Å². The van der Waals surface area contributed by atoms with Crippen LogP contribution < -0.4 is 0 Å². The molecule has 0 fully saturated rings. The number of rotatable bonds is 3. The lowest BCUT2D eigenvalue weighted by atomic mass is 10.0. The topological polar surface area (TPSA) is 41.1 Å². The van der Waals surface area contributed by atoms with Crippen molar-refractivity contribution < 1.29 is 0 Å². The van der Waals surface area contributed by atoms with Gasteiger partial charge in [0.15, 0.2) is 4.96 Å². The van der Waals surface area contributed by atoms with E-state index < -0.39 is 0 Å². The lowest BCUT2D eigenvalue weighted by Crippen LogP contribution is -1.93. The van der Waals surface area contributed by atoms with Crippen molar-refractivity contribution >= 4 is 16.3 Å². The lowest BCUT2D eigenvalue weighted by Gasteiger charge is -2.07. The van der Waals surface area contributed by atoms with E-state index in [1.165, 1.54) is 5.56 Å². The molecule has 0 aliphatic heterocycles. The molecule has 4 heteroatoms. The summed E-state index contributed by atoms with van der Waals surface area (Å²) < 4.78 is 2.08. The van der Waals surface area contributed by atoms with Gasteiger partial charge in [-0.3, -0.25) is 4.40 Å². The van der Waals surface area contributed by atoms with E-state index in [0.29, 0.717) is 12.3 Å². The lowest BCUT2D eigenvalue weighted by molar-refractivity contribution is 0.867. The van der Waals surface area contributed by atoms with Crippen LogP contribution in [-0.4, -0.2) is 9.38 Å². The number of nitrogens with zero attached hydrogens (tertiary/aromatic N) is 3. The Hall–Kier alpha value is -2.12. The Bertz CT molecular complexity index is 772. The summed E-state index contributed by atoms with van der Waals surface area (Å²) in [6.45, 7) is 4.39. The van der Waals surface area contributed by atoms with Crippen molar-refractivity contribution in [3.8, 4) is 17.3 Å². The minimum absolute atomic E-state index is 0.384. The first-order valence-electron chi connectivity index (χ1n) is 6.62. The minimum Gasteiger partial charge on any atom is -0.286 e. The molecule has 0 saturated carbocycles. The molecule has 0 unspecified atom stereocenters. The highest BCUT2D eigenvalue weighted by Crippen LogP contribution is 2.28. The van der Waals surface area contributed by atoms with Gasteiger partial charge in [-0.25, -0.2) is 4.98 Å². The van der Waals surface area contributed by atoms with E-state index in [9.17, 15) is 0 Å². The normalized spacial score (nSPS) is 11.1. The second kappa shape index (κ2) is 5.10. The molecule has 0 spiro atoms.